The number of likely N-dealkylation sites (N-methyl/N-ethyl adjacent to an activating group) is 1. The highest BCUT2D eigenvalue weighted by molar-refractivity contribution is 5.99. The topological polar surface area (TPSA) is 87.7 Å². The molecule has 0 saturated carbocycles. The number of hydrogen-bond donors (Lipinski definition) is 2. The van der Waals surface area contributed by atoms with Gasteiger partial charge in [0.15, 0.2) is 0 Å². The Morgan fingerprint density at radius 1 is 1.00 bits per heavy atom. The molecule has 0 heterocycles. The van der Waals surface area contributed by atoms with Crippen molar-refractivity contribution in [3.8, 4) is 0 Å². The number of nitrogens with zero attached hydrogens (tertiary/aromatic N) is 1. The van der Waals surface area contributed by atoms with E-state index < -0.39 is 23.8 Å². The monoisotopic (exact) mass is 495 g/mol. The lowest BCUT2D eigenvalue weighted by molar-refractivity contribution is -0.140. The average molecular weight is 496 g/mol. The second-order valence-electron chi connectivity index (χ2n) is 10.3. The molecule has 0 bridgehead atoms. The summed E-state index contributed by atoms with van der Waals surface area (Å²) in [5, 5.41) is 5.73. The molecule has 3 unspecified atom stereocenters. The van der Waals surface area contributed by atoms with Gasteiger partial charge in [0, 0.05) is 12.7 Å². The van der Waals surface area contributed by atoms with Crippen LogP contribution in [-0.2, 0) is 20.7 Å². The molecule has 2 aromatic rings. The molecule has 0 aromatic heterocycles. The summed E-state index contributed by atoms with van der Waals surface area (Å²) in [6, 6.07) is 13.5. The van der Waals surface area contributed by atoms with Gasteiger partial charge in [-0.05, 0) is 62.8 Å². The molecular formula is C29H41N3O4. The predicted molar refractivity (Wildman–Crippen MR) is 144 cm³/mol. The van der Waals surface area contributed by atoms with Gasteiger partial charge in [-0.15, -0.1) is 0 Å². The van der Waals surface area contributed by atoms with Crippen LogP contribution in [0.15, 0.2) is 48.5 Å². The highest BCUT2D eigenvalue weighted by Crippen LogP contribution is 2.26. The van der Waals surface area contributed by atoms with Crippen LogP contribution in [0.25, 0.3) is 0 Å². The van der Waals surface area contributed by atoms with E-state index in [2.05, 4.69) is 17.6 Å². The van der Waals surface area contributed by atoms with Gasteiger partial charge >= 0.3 is 6.09 Å². The number of alkyl carbamates (subject to hydrolysis) is 1. The quantitative estimate of drug-likeness (QED) is 0.472. The molecule has 0 fully saturated rings. The third kappa shape index (κ3) is 7.83. The minimum Gasteiger partial charge on any atom is -0.444 e. The molecule has 2 rings (SSSR count). The molecule has 36 heavy (non-hydrogen) atoms. The van der Waals surface area contributed by atoms with Crippen LogP contribution in [0.3, 0.4) is 0 Å². The first-order chi connectivity index (χ1) is 16.9. The van der Waals surface area contributed by atoms with Crippen LogP contribution in [0.4, 0.5) is 10.5 Å². The van der Waals surface area contributed by atoms with Crippen LogP contribution in [0.2, 0.25) is 0 Å². The number of rotatable bonds is 9. The number of para-hydroxylation sites is 1. The van der Waals surface area contributed by atoms with Crippen molar-refractivity contribution < 1.29 is 19.1 Å². The SMILES string of the molecule is CCc1ccc(C(C(=O)Nc2ccccc2C)N(C)C(=O)C(NC(=O)OC(C)(C)C)C(C)CC)cc1. The van der Waals surface area contributed by atoms with Gasteiger partial charge in [0.05, 0.1) is 0 Å². The van der Waals surface area contributed by atoms with Crippen molar-refractivity contribution >= 4 is 23.6 Å². The minimum absolute atomic E-state index is 0.171. The lowest BCUT2D eigenvalue weighted by Crippen LogP contribution is -2.53. The number of amides is 3. The van der Waals surface area contributed by atoms with E-state index in [1.165, 1.54) is 4.90 Å². The van der Waals surface area contributed by atoms with Crippen molar-refractivity contribution in [3.05, 3.63) is 65.2 Å². The van der Waals surface area contributed by atoms with Gasteiger partial charge in [-0.25, -0.2) is 4.79 Å². The molecule has 3 amide bonds. The standard InChI is InChI=1S/C29H41N3O4/c1-9-19(3)24(31-28(35)36-29(5,6)7)27(34)32(8)25(22-17-15-21(10-2)16-18-22)26(33)30-23-14-12-11-13-20(23)4/h11-19,24-25H,9-10H2,1-8H3,(H,30,33)(H,31,35). The molecule has 0 saturated heterocycles. The molecule has 196 valence electrons. The smallest absolute Gasteiger partial charge is 0.408 e. The van der Waals surface area contributed by atoms with Crippen LogP contribution in [0.5, 0.6) is 0 Å². The molecule has 0 aliphatic carbocycles. The Bertz CT molecular complexity index is 1040. The maximum atomic E-state index is 13.8. The Kier molecular flexibility index (Phi) is 10.1. The first-order valence-electron chi connectivity index (χ1n) is 12.6. The number of nitrogens with one attached hydrogen (secondary N) is 2. The largest absolute Gasteiger partial charge is 0.444 e. The fraction of sp³-hybridized carbons (Fsp3) is 0.483. The molecule has 0 radical (unpaired) electrons. The highest BCUT2D eigenvalue weighted by atomic mass is 16.6. The van der Waals surface area contributed by atoms with Crippen molar-refractivity contribution in [1.82, 2.24) is 10.2 Å². The summed E-state index contributed by atoms with van der Waals surface area (Å²) in [6.45, 7) is 13.1. The number of carbonyl (C=O) groups is 3. The number of carbonyl (C=O) groups excluding carboxylic acids is 3. The van der Waals surface area contributed by atoms with Gasteiger partial charge in [-0.2, -0.15) is 0 Å². The number of aryl methyl sites for hydroxylation is 2. The Labute approximate surface area is 215 Å². The second kappa shape index (κ2) is 12.6. The molecule has 7 nitrogen and oxygen atoms in total. The minimum atomic E-state index is -0.894. The summed E-state index contributed by atoms with van der Waals surface area (Å²) in [7, 11) is 1.60. The first-order valence-corrected chi connectivity index (χ1v) is 12.6. The van der Waals surface area contributed by atoms with Crippen molar-refractivity contribution in [2.75, 3.05) is 12.4 Å². The maximum absolute atomic E-state index is 13.8. The number of benzene rings is 2. The first kappa shape index (κ1) is 28.9. The maximum Gasteiger partial charge on any atom is 0.408 e. The van der Waals surface area contributed by atoms with Crippen LogP contribution in [-0.4, -0.2) is 41.5 Å². The zero-order valence-corrected chi connectivity index (χ0v) is 22.8. The van der Waals surface area contributed by atoms with E-state index in [1.807, 2.05) is 69.3 Å². The number of hydrogen-bond acceptors (Lipinski definition) is 4. The zero-order valence-electron chi connectivity index (χ0n) is 22.8. The molecule has 0 spiro atoms. The van der Waals surface area contributed by atoms with E-state index in [0.717, 1.165) is 17.5 Å². The lowest BCUT2D eigenvalue weighted by Gasteiger charge is -2.33. The zero-order chi connectivity index (χ0) is 27.0. The van der Waals surface area contributed by atoms with Crippen molar-refractivity contribution in [1.29, 1.82) is 0 Å². The lowest BCUT2D eigenvalue weighted by atomic mass is 9.96. The summed E-state index contributed by atoms with van der Waals surface area (Å²) in [5.41, 5.74) is 2.73. The van der Waals surface area contributed by atoms with E-state index in [4.69, 9.17) is 4.74 Å². The Morgan fingerprint density at radius 2 is 1.61 bits per heavy atom. The second-order valence-corrected chi connectivity index (χ2v) is 10.3. The Hall–Kier alpha value is -3.35. The van der Waals surface area contributed by atoms with Crippen LogP contribution >= 0.6 is 0 Å². The molecule has 2 N–H and O–H groups in total. The van der Waals surface area contributed by atoms with E-state index in [0.29, 0.717) is 17.7 Å². The van der Waals surface area contributed by atoms with Crippen molar-refractivity contribution in [2.45, 2.75) is 79.0 Å². The normalized spacial score (nSPS) is 13.8. The van der Waals surface area contributed by atoms with Crippen molar-refractivity contribution in [3.63, 3.8) is 0 Å². The summed E-state index contributed by atoms with van der Waals surface area (Å²) < 4.78 is 5.40. The predicted octanol–water partition coefficient (Wildman–Crippen LogP) is 5.64. The van der Waals surface area contributed by atoms with Crippen LogP contribution in [0, 0.1) is 12.8 Å². The average Bonchev–Trinajstić information content (AvgIpc) is 2.82. The van der Waals surface area contributed by atoms with E-state index in [-0.39, 0.29) is 17.7 Å². The van der Waals surface area contributed by atoms with Crippen molar-refractivity contribution in [2.24, 2.45) is 5.92 Å². The number of ether oxygens (including phenoxy) is 1. The van der Waals surface area contributed by atoms with Gasteiger partial charge in [0.25, 0.3) is 5.91 Å². The van der Waals surface area contributed by atoms with Gasteiger partial charge in [-0.1, -0.05) is 69.7 Å². The van der Waals surface area contributed by atoms with Gasteiger partial charge in [-0.3, -0.25) is 9.59 Å². The molecular weight excluding hydrogens is 454 g/mol. The number of anilines is 1. The van der Waals surface area contributed by atoms with Gasteiger partial charge in [0.2, 0.25) is 5.91 Å². The summed E-state index contributed by atoms with van der Waals surface area (Å²) >= 11 is 0. The van der Waals surface area contributed by atoms with Gasteiger partial charge in [0.1, 0.15) is 17.7 Å². The molecule has 7 heteroatoms. The van der Waals surface area contributed by atoms with Crippen LogP contribution < -0.4 is 10.6 Å². The summed E-state index contributed by atoms with van der Waals surface area (Å²) in [5.74, 6) is -0.862. The fourth-order valence-corrected chi connectivity index (χ4v) is 3.86. The molecule has 3 atom stereocenters. The van der Waals surface area contributed by atoms with Gasteiger partial charge < -0.3 is 20.3 Å². The molecule has 2 aromatic carbocycles. The fourth-order valence-electron chi connectivity index (χ4n) is 3.86. The summed E-state index contributed by atoms with van der Waals surface area (Å²) in [6.07, 6.45) is 0.860. The molecule has 0 aliphatic heterocycles. The Balaban J connectivity index is 2.42. The Morgan fingerprint density at radius 3 is 2.14 bits per heavy atom. The third-order valence-electron chi connectivity index (χ3n) is 6.24. The van der Waals surface area contributed by atoms with E-state index >= 15 is 0 Å². The van der Waals surface area contributed by atoms with E-state index in [1.54, 1.807) is 27.8 Å². The molecule has 0 aliphatic rings. The van der Waals surface area contributed by atoms with E-state index in [9.17, 15) is 14.4 Å². The van der Waals surface area contributed by atoms with Crippen LogP contribution in [0.1, 0.15) is 70.7 Å². The third-order valence-corrected chi connectivity index (χ3v) is 6.24. The highest BCUT2D eigenvalue weighted by Gasteiger charge is 2.36. The summed E-state index contributed by atoms with van der Waals surface area (Å²) in [4.78, 5) is 41.4.